The van der Waals surface area contributed by atoms with Crippen molar-refractivity contribution in [2.45, 2.75) is 73.6 Å². The Hall–Kier alpha value is -5.46. The summed E-state index contributed by atoms with van der Waals surface area (Å²) in [6.45, 7) is 13.3. The molecule has 0 spiro atoms. The molecule has 0 unspecified atom stereocenters. The van der Waals surface area contributed by atoms with E-state index in [-0.39, 0.29) is 0 Å². The molecule has 0 fully saturated rings. The number of rotatable bonds is 7. The average molecular weight is 689 g/mol. The third-order valence-corrected chi connectivity index (χ3v) is 10.8. The van der Waals surface area contributed by atoms with E-state index in [9.17, 15) is 0 Å². The highest BCUT2D eigenvalue weighted by atomic mass is 14.2. The molecule has 0 heteroatoms. The molecule has 0 saturated carbocycles. The van der Waals surface area contributed by atoms with Gasteiger partial charge in [0.1, 0.15) is 0 Å². The Bertz CT molecular complexity index is 2450. The zero-order valence-electron chi connectivity index (χ0n) is 32.4. The van der Waals surface area contributed by atoms with Gasteiger partial charge in [-0.15, -0.1) is 0 Å². The van der Waals surface area contributed by atoms with Gasteiger partial charge in [-0.2, -0.15) is 0 Å². The minimum atomic E-state index is 1.03. The fourth-order valence-electron chi connectivity index (χ4n) is 8.32. The van der Waals surface area contributed by atoms with Gasteiger partial charge in [0, 0.05) is 0 Å². The molecule has 1 aliphatic rings. The van der Waals surface area contributed by atoms with Gasteiger partial charge in [0.25, 0.3) is 0 Å². The van der Waals surface area contributed by atoms with E-state index in [0.717, 1.165) is 25.7 Å². The lowest BCUT2D eigenvalue weighted by Crippen LogP contribution is -1.97. The van der Waals surface area contributed by atoms with Crippen LogP contribution in [0, 0.1) is 13.8 Å². The molecule has 0 radical (unpaired) electrons. The maximum atomic E-state index is 2.35. The molecular weight excluding hydrogens is 637 g/mol. The Morgan fingerprint density at radius 2 is 1.06 bits per heavy atom. The summed E-state index contributed by atoms with van der Waals surface area (Å²) in [5.41, 5.74) is 18.7. The topological polar surface area (TPSA) is 0 Å². The highest BCUT2D eigenvalue weighted by Gasteiger charge is 2.17. The largest absolute Gasteiger partial charge is 0.0839 e. The van der Waals surface area contributed by atoms with Crippen molar-refractivity contribution in [2.24, 2.45) is 0 Å². The lowest BCUT2D eigenvalue weighted by Gasteiger charge is -2.19. The van der Waals surface area contributed by atoms with Gasteiger partial charge < -0.3 is 0 Å². The van der Waals surface area contributed by atoms with Crippen LogP contribution in [-0.2, 0) is 6.42 Å². The van der Waals surface area contributed by atoms with Crippen LogP contribution in [0.3, 0.4) is 0 Å². The summed E-state index contributed by atoms with van der Waals surface area (Å²) in [4.78, 5) is 0. The van der Waals surface area contributed by atoms with Crippen molar-refractivity contribution in [1.29, 1.82) is 0 Å². The van der Waals surface area contributed by atoms with Crippen molar-refractivity contribution in [3.8, 4) is 44.5 Å². The van der Waals surface area contributed by atoms with Gasteiger partial charge in [-0.3, -0.25) is 0 Å². The van der Waals surface area contributed by atoms with Crippen LogP contribution in [0.2, 0.25) is 0 Å². The minimum absolute atomic E-state index is 1.03. The van der Waals surface area contributed by atoms with Crippen molar-refractivity contribution in [2.75, 3.05) is 0 Å². The SMILES string of the molecule is CCC.CCCc1c(-c2ccc(-c3ccc(-c4cccc(C5=C(C)C=CCC5)c4C)cc3)cc2)cccc1-c1cccc2c1c(C)cc1ccccc12. The molecular formula is C53H52. The van der Waals surface area contributed by atoms with E-state index >= 15 is 0 Å². The fourth-order valence-corrected chi connectivity index (χ4v) is 8.32. The maximum absolute atomic E-state index is 2.35. The van der Waals surface area contributed by atoms with Crippen molar-refractivity contribution < 1.29 is 0 Å². The average Bonchev–Trinajstić information content (AvgIpc) is 3.19. The van der Waals surface area contributed by atoms with Gasteiger partial charge in [-0.05, 0) is 139 Å². The molecule has 0 nitrogen and oxygen atoms in total. The van der Waals surface area contributed by atoms with Crippen LogP contribution in [0.1, 0.15) is 75.6 Å². The molecule has 8 rings (SSSR count). The molecule has 0 amide bonds. The maximum Gasteiger partial charge on any atom is -0.00696 e. The van der Waals surface area contributed by atoms with Crippen molar-refractivity contribution >= 4 is 27.1 Å². The normalized spacial score (nSPS) is 12.6. The summed E-state index contributed by atoms with van der Waals surface area (Å²) >= 11 is 0. The second-order valence-corrected chi connectivity index (χ2v) is 14.7. The predicted molar refractivity (Wildman–Crippen MR) is 234 cm³/mol. The molecule has 53 heavy (non-hydrogen) atoms. The van der Waals surface area contributed by atoms with E-state index in [2.05, 4.69) is 187 Å². The third kappa shape index (κ3) is 7.16. The van der Waals surface area contributed by atoms with Gasteiger partial charge in [-0.25, -0.2) is 0 Å². The van der Waals surface area contributed by atoms with E-state index in [4.69, 9.17) is 0 Å². The number of aryl methyl sites for hydroxylation is 1. The molecule has 264 valence electrons. The van der Waals surface area contributed by atoms with Crippen molar-refractivity contribution in [3.05, 3.63) is 173 Å². The number of hydrogen-bond donors (Lipinski definition) is 0. The zero-order chi connectivity index (χ0) is 36.9. The molecule has 0 aliphatic heterocycles. The lowest BCUT2D eigenvalue weighted by molar-refractivity contribution is 0.925. The second-order valence-electron chi connectivity index (χ2n) is 14.7. The first-order valence-corrected chi connectivity index (χ1v) is 19.6. The van der Waals surface area contributed by atoms with E-state index < -0.39 is 0 Å². The standard InChI is InChI=1S/C50H44.C3H8/c1-5-13-46-44(20-11-21-47(46)49-23-12-22-48-45-17-9-7-15-40(45)32-34(3)50(48)49)39-30-26-37(27-31-39)36-24-28-38(29-25-36)42-18-10-19-43(35(42)4)41-16-8-6-14-33(41)2;1-3-2/h6-7,9-12,14-15,17-32H,5,8,13,16H2,1-4H3;3H2,1-2H3. The van der Waals surface area contributed by atoms with Gasteiger partial charge >= 0.3 is 0 Å². The van der Waals surface area contributed by atoms with Crippen molar-refractivity contribution in [1.82, 2.24) is 0 Å². The highest BCUT2D eigenvalue weighted by Crippen LogP contribution is 2.41. The highest BCUT2D eigenvalue weighted by molar-refractivity contribution is 6.14. The summed E-state index contributed by atoms with van der Waals surface area (Å²) in [5.74, 6) is 0. The number of hydrogen-bond acceptors (Lipinski definition) is 0. The smallest absolute Gasteiger partial charge is 0.00696 e. The van der Waals surface area contributed by atoms with Crippen molar-refractivity contribution in [3.63, 3.8) is 0 Å². The molecule has 0 bridgehead atoms. The Morgan fingerprint density at radius 1 is 0.509 bits per heavy atom. The monoisotopic (exact) mass is 688 g/mol. The molecule has 0 aromatic heterocycles. The van der Waals surface area contributed by atoms with E-state index in [1.807, 2.05) is 0 Å². The van der Waals surface area contributed by atoms with Crippen LogP contribution in [0.5, 0.6) is 0 Å². The molecule has 1 aliphatic carbocycles. The third-order valence-electron chi connectivity index (χ3n) is 10.8. The quantitative estimate of drug-likeness (QED) is 0.146. The number of fused-ring (bicyclic) bond motifs is 3. The molecule has 0 N–H and O–H groups in total. The van der Waals surface area contributed by atoms with Gasteiger partial charge in [-0.1, -0.05) is 179 Å². The van der Waals surface area contributed by atoms with E-state index in [1.165, 1.54) is 106 Å². The molecule has 7 aromatic rings. The predicted octanol–water partition coefficient (Wildman–Crippen LogP) is 15.8. The fraction of sp³-hybridized carbons (Fsp3) is 0.208. The van der Waals surface area contributed by atoms with Crippen LogP contribution >= 0.6 is 0 Å². The van der Waals surface area contributed by atoms with Crippen LogP contribution in [0.15, 0.2) is 151 Å². The van der Waals surface area contributed by atoms with Crippen LogP contribution in [0.4, 0.5) is 0 Å². The Kier molecular flexibility index (Phi) is 10.9. The first kappa shape index (κ1) is 35.9. The first-order chi connectivity index (χ1) is 25.9. The van der Waals surface area contributed by atoms with Crippen LogP contribution in [0.25, 0.3) is 71.6 Å². The Morgan fingerprint density at radius 3 is 1.74 bits per heavy atom. The molecule has 0 saturated heterocycles. The molecule has 0 atom stereocenters. The van der Waals surface area contributed by atoms with Crippen LogP contribution in [-0.4, -0.2) is 0 Å². The molecule has 7 aromatic carbocycles. The zero-order valence-corrected chi connectivity index (χ0v) is 32.4. The summed E-state index contributed by atoms with van der Waals surface area (Å²) in [6, 6.07) is 49.9. The Balaban J connectivity index is 0.00000140. The number of benzene rings is 7. The van der Waals surface area contributed by atoms with Gasteiger partial charge in [0.05, 0.1) is 0 Å². The summed E-state index contributed by atoms with van der Waals surface area (Å²) < 4.78 is 0. The second kappa shape index (κ2) is 16.1. The number of allylic oxidation sites excluding steroid dienone is 4. The summed E-state index contributed by atoms with van der Waals surface area (Å²) in [5, 5.41) is 5.31. The lowest BCUT2D eigenvalue weighted by atomic mass is 9.85. The Labute approximate surface area is 317 Å². The first-order valence-electron chi connectivity index (χ1n) is 19.6. The van der Waals surface area contributed by atoms with Gasteiger partial charge in [0.15, 0.2) is 0 Å². The summed E-state index contributed by atoms with van der Waals surface area (Å²) in [7, 11) is 0. The van der Waals surface area contributed by atoms with E-state index in [1.54, 1.807) is 0 Å². The minimum Gasteiger partial charge on any atom is -0.0839 e. The summed E-state index contributed by atoms with van der Waals surface area (Å²) in [6.07, 6.45) is 10.2. The van der Waals surface area contributed by atoms with E-state index in [0.29, 0.717) is 0 Å². The van der Waals surface area contributed by atoms with Crippen LogP contribution < -0.4 is 0 Å². The molecule has 0 heterocycles. The van der Waals surface area contributed by atoms with Gasteiger partial charge in [0.2, 0.25) is 0 Å².